The molecule has 1 amide bonds. The minimum atomic E-state index is -0.0459. The number of alkyl halides is 1. The summed E-state index contributed by atoms with van der Waals surface area (Å²) in [4.78, 5) is 11.6. The zero-order valence-corrected chi connectivity index (χ0v) is 11.9. The molecule has 1 heterocycles. The van der Waals surface area contributed by atoms with Crippen LogP contribution in [-0.2, 0) is 4.79 Å². The quantitative estimate of drug-likeness (QED) is 0.808. The third-order valence-electron chi connectivity index (χ3n) is 2.74. The van der Waals surface area contributed by atoms with Crippen molar-refractivity contribution in [1.82, 2.24) is 5.32 Å². The van der Waals surface area contributed by atoms with E-state index in [0.29, 0.717) is 11.8 Å². The molecule has 15 heavy (non-hydrogen) atoms. The van der Waals surface area contributed by atoms with Gasteiger partial charge in [0.15, 0.2) is 0 Å². The van der Waals surface area contributed by atoms with E-state index in [0.717, 1.165) is 6.54 Å². The van der Waals surface area contributed by atoms with Crippen molar-refractivity contribution < 1.29 is 4.79 Å². The summed E-state index contributed by atoms with van der Waals surface area (Å²) in [5, 5.41) is 3.04. The minimum absolute atomic E-state index is 0.0459. The van der Waals surface area contributed by atoms with E-state index in [1.165, 1.54) is 24.3 Å². The Morgan fingerprint density at radius 2 is 2.07 bits per heavy atom. The van der Waals surface area contributed by atoms with Crippen LogP contribution in [0, 0.1) is 11.8 Å². The standard InChI is InChI=1S/C11H20BrNOS/c1-8(2)10(12)11(14)13-7-9-3-5-15-6-4-9/h8-10H,3-7H2,1-2H3,(H,13,14). The van der Waals surface area contributed by atoms with Crippen LogP contribution in [0.25, 0.3) is 0 Å². The predicted octanol–water partition coefficient (Wildman–Crippen LogP) is 2.67. The summed E-state index contributed by atoms with van der Waals surface area (Å²) in [5.74, 6) is 3.70. The van der Waals surface area contributed by atoms with Crippen LogP contribution in [0.5, 0.6) is 0 Å². The minimum Gasteiger partial charge on any atom is -0.355 e. The number of nitrogens with one attached hydrogen (secondary N) is 1. The van der Waals surface area contributed by atoms with Crippen LogP contribution in [0.3, 0.4) is 0 Å². The topological polar surface area (TPSA) is 29.1 Å². The largest absolute Gasteiger partial charge is 0.355 e. The second-order valence-electron chi connectivity index (χ2n) is 4.45. The van der Waals surface area contributed by atoms with Gasteiger partial charge in [0.05, 0.1) is 4.83 Å². The van der Waals surface area contributed by atoms with Gasteiger partial charge in [-0.05, 0) is 36.2 Å². The summed E-state index contributed by atoms with van der Waals surface area (Å²) >= 11 is 5.44. The molecule has 1 aliphatic rings. The Kier molecular flexibility index (Phi) is 6.05. The summed E-state index contributed by atoms with van der Waals surface area (Å²) in [6.45, 7) is 4.96. The number of hydrogen-bond acceptors (Lipinski definition) is 2. The lowest BCUT2D eigenvalue weighted by Gasteiger charge is -2.22. The molecule has 1 fully saturated rings. The Morgan fingerprint density at radius 3 is 2.60 bits per heavy atom. The van der Waals surface area contributed by atoms with Crippen LogP contribution in [0.4, 0.5) is 0 Å². The molecule has 1 N–H and O–H groups in total. The van der Waals surface area contributed by atoms with Gasteiger partial charge in [-0.15, -0.1) is 0 Å². The fourth-order valence-corrected chi connectivity index (χ4v) is 2.96. The van der Waals surface area contributed by atoms with Gasteiger partial charge in [-0.1, -0.05) is 29.8 Å². The van der Waals surface area contributed by atoms with Crippen LogP contribution < -0.4 is 5.32 Å². The van der Waals surface area contributed by atoms with E-state index in [9.17, 15) is 4.79 Å². The first-order chi connectivity index (χ1) is 7.11. The van der Waals surface area contributed by atoms with Gasteiger partial charge < -0.3 is 5.32 Å². The first-order valence-electron chi connectivity index (χ1n) is 5.60. The van der Waals surface area contributed by atoms with E-state index in [1.54, 1.807) is 0 Å². The fraction of sp³-hybridized carbons (Fsp3) is 0.909. The average molecular weight is 294 g/mol. The normalized spacial score (nSPS) is 20.3. The molecular formula is C11H20BrNOS. The number of carbonyl (C=O) groups is 1. The molecule has 88 valence electrons. The van der Waals surface area contributed by atoms with Crippen LogP contribution in [0.15, 0.2) is 0 Å². The van der Waals surface area contributed by atoms with Crippen LogP contribution in [0.1, 0.15) is 26.7 Å². The lowest BCUT2D eigenvalue weighted by atomic mass is 10.0. The first kappa shape index (κ1) is 13.4. The van der Waals surface area contributed by atoms with Crippen molar-refractivity contribution in [2.24, 2.45) is 11.8 Å². The van der Waals surface area contributed by atoms with Crippen molar-refractivity contribution in [3.63, 3.8) is 0 Å². The molecule has 1 rings (SSSR count). The molecule has 1 unspecified atom stereocenters. The van der Waals surface area contributed by atoms with Gasteiger partial charge in [-0.3, -0.25) is 4.79 Å². The highest BCUT2D eigenvalue weighted by Crippen LogP contribution is 2.22. The fourth-order valence-electron chi connectivity index (χ4n) is 1.60. The number of amides is 1. The molecule has 0 saturated carbocycles. The molecule has 1 saturated heterocycles. The predicted molar refractivity (Wildman–Crippen MR) is 70.6 cm³/mol. The number of hydrogen-bond donors (Lipinski definition) is 1. The van der Waals surface area contributed by atoms with Crippen molar-refractivity contribution >= 4 is 33.6 Å². The van der Waals surface area contributed by atoms with Gasteiger partial charge in [0, 0.05) is 6.54 Å². The van der Waals surface area contributed by atoms with E-state index in [-0.39, 0.29) is 10.7 Å². The number of thioether (sulfide) groups is 1. The summed E-state index contributed by atoms with van der Waals surface area (Å²) < 4.78 is 0. The Balaban J connectivity index is 2.20. The second kappa shape index (κ2) is 6.79. The maximum absolute atomic E-state index is 11.7. The van der Waals surface area contributed by atoms with E-state index >= 15 is 0 Å². The molecule has 1 atom stereocenters. The van der Waals surface area contributed by atoms with E-state index in [4.69, 9.17) is 0 Å². The van der Waals surface area contributed by atoms with Gasteiger partial charge in [-0.2, -0.15) is 11.8 Å². The highest BCUT2D eigenvalue weighted by Gasteiger charge is 2.20. The molecule has 0 radical (unpaired) electrons. The average Bonchev–Trinajstić information content (AvgIpc) is 2.26. The Labute approximate surface area is 105 Å². The third-order valence-corrected chi connectivity index (χ3v) is 5.26. The lowest BCUT2D eigenvalue weighted by molar-refractivity contribution is -0.121. The number of carbonyl (C=O) groups excluding carboxylic acids is 1. The molecule has 4 heteroatoms. The van der Waals surface area contributed by atoms with Crippen LogP contribution in [-0.4, -0.2) is 28.8 Å². The zero-order valence-electron chi connectivity index (χ0n) is 9.46. The van der Waals surface area contributed by atoms with Crippen molar-refractivity contribution in [1.29, 1.82) is 0 Å². The molecule has 0 spiro atoms. The van der Waals surface area contributed by atoms with Crippen LogP contribution in [0.2, 0.25) is 0 Å². The Morgan fingerprint density at radius 1 is 1.47 bits per heavy atom. The summed E-state index contributed by atoms with van der Waals surface area (Å²) in [6.07, 6.45) is 2.50. The van der Waals surface area contributed by atoms with Crippen LogP contribution >= 0.6 is 27.7 Å². The zero-order chi connectivity index (χ0) is 11.3. The van der Waals surface area contributed by atoms with E-state index in [2.05, 4.69) is 35.1 Å². The van der Waals surface area contributed by atoms with Crippen molar-refractivity contribution in [2.45, 2.75) is 31.5 Å². The maximum Gasteiger partial charge on any atom is 0.234 e. The van der Waals surface area contributed by atoms with Crippen molar-refractivity contribution in [2.75, 3.05) is 18.1 Å². The molecule has 0 bridgehead atoms. The van der Waals surface area contributed by atoms with Gasteiger partial charge in [0.2, 0.25) is 5.91 Å². The molecule has 1 aliphatic heterocycles. The van der Waals surface area contributed by atoms with Crippen molar-refractivity contribution in [3.05, 3.63) is 0 Å². The third kappa shape index (κ3) is 4.77. The highest BCUT2D eigenvalue weighted by molar-refractivity contribution is 9.10. The summed E-state index contributed by atoms with van der Waals surface area (Å²) in [5.41, 5.74) is 0. The highest BCUT2D eigenvalue weighted by atomic mass is 79.9. The Hall–Kier alpha value is 0.300. The molecule has 0 aliphatic carbocycles. The van der Waals surface area contributed by atoms with E-state index in [1.807, 2.05) is 11.8 Å². The lowest BCUT2D eigenvalue weighted by Crippen LogP contribution is -2.37. The number of halogens is 1. The SMILES string of the molecule is CC(C)C(Br)C(=O)NCC1CCSCC1. The van der Waals surface area contributed by atoms with Gasteiger partial charge >= 0.3 is 0 Å². The van der Waals surface area contributed by atoms with E-state index < -0.39 is 0 Å². The van der Waals surface area contributed by atoms with Gasteiger partial charge in [0.25, 0.3) is 0 Å². The second-order valence-corrected chi connectivity index (χ2v) is 6.66. The molecule has 0 aromatic rings. The first-order valence-corrected chi connectivity index (χ1v) is 7.68. The Bertz CT molecular complexity index is 205. The molecule has 0 aromatic carbocycles. The van der Waals surface area contributed by atoms with Gasteiger partial charge in [0.1, 0.15) is 0 Å². The number of rotatable bonds is 4. The van der Waals surface area contributed by atoms with Gasteiger partial charge in [-0.25, -0.2) is 0 Å². The maximum atomic E-state index is 11.7. The monoisotopic (exact) mass is 293 g/mol. The summed E-state index contributed by atoms with van der Waals surface area (Å²) in [6, 6.07) is 0. The van der Waals surface area contributed by atoms with Crippen molar-refractivity contribution in [3.8, 4) is 0 Å². The molecular weight excluding hydrogens is 274 g/mol. The molecule has 0 aromatic heterocycles. The smallest absolute Gasteiger partial charge is 0.234 e. The summed E-state index contributed by atoms with van der Waals surface area (Å²) in [7, 11) is 0. The molecule has 2 nitrogen and oxygen atoms in total.